The molecule has 2 saturated heterocycles. The van der Waals surface area contributed by atoms with Crippen molar-refractivity contribution in [2.45, 2.75) is 19.1 Å². The Balaban J connectivity index is 1.31. The Morgan fingerprint density at radius 2 is 1.97 bits per heavy atom. The van der Waals surface area contributed by atoms with Crippen LogP contribution in [0, 0.1) is 6.92 Å². The van der Waals surface area contributed by atoms with Crippen LogP contribution < -0.4 is 11.1 Å². The first-order valence-corrected chi connectivity index (χ1v) is 11.5. The third-order valence-corrected chi connectivity index (χ3v) is 6.40. The Kier molecular flexibility index (Phi) is 5.26. The number of nitrogens with one attached hydrogen (secondary N) is 1. The predicted octanol–water partition coefficient (Wildman–Crippen LogP) is 2.83. The van der Waals surface area contributed by atoms with Crippen molar-refractivity contribution >= 4 is 29.2 Å². The highest BCUT2D eigenvalue weighted by atomic mass is 16.6. The fourth-order valence-corrected chi connectivity index (χ4v) is 4.55. The molecular weight excluding hydrogens is 462 g/mol. The van der Waals surface area contributed by atoms with Gasteiger partial charge in [0.15, 0.2) is 0 Å². The van der Waals surface area contributed by atoms with E-state index >= 15 is 0 Å². The Bertz CT molecular complexity index is 1480. The second kappa shape index (κ2) is 8.61. The lowest BCUT2D eigenvalue weighted by molar-refractivity contribution is -0.0398. The van der Waals surface area contributed by atoms with Gasteiger partial charge in [0, 0.05) is 29.7 Å². The minimum absolute atomic E-state index is 0.0834. The maximum absolute atomic E-state index is 12.7. The fraction of sp³-hybridized carbons (Fsp3) is 0.240. The van der Waals surface area contributed by atoms with E-state index in [4.69, 9.17) is 20.2 Å². The van der Waals surface area contributed by atoms with Gasteiger partial charge in [-0.1, -0.05) is 12.1 Å². The molecule has 0 bridgehead atoms. The fourth-order valence-electron chi connectivity index (χ4n) is 4.55. The predicted molar refractivity (Wildman–Crippen MR) is 130 cm³/mol. The Hall–Kier alpha value is -4.51. The zero-order valence-electron chi connectivity index (χ0n) is 19.4. The van der Waals surface area contributed by atoms with Crippen LogP contribution in [-0.2, 0) is 9.47 Å². The average molecular weight is 486 g/mol. The van der Waals surface area contributed by atoms with Crippen LogP contribution in [0.4, 0.5) is 16.4 Å². The summed E-state index contributed by atoms with van der Waals surface area (Å²) in [5.41, 5.74) is 9.73. The summed E-state index contributed by atoms with van der Waals surface area (Å²) >= 11 is 0. The van der Waals surface area contributed by atoms with Gasteiger partial charge in [0.25, 0.3) is 5.91 Å². The molecule has 2 amide bonds. The van der Waals surface area contributed by atoms with Gasteiger partial charge in [-0.3, -0.25) is 14.1 Å². The van der Waals surface area contributed by atoms with E-state index in [0.29, 0.717) is 54.0 Å². The van der Waals surface area contributed by atoms with Crippen LogP contribution in [0.25, 0.3) is 16.8 Å². The molecule has 0 spiro atoms. The molecule has 2 aliphatic heterocycles. The third-order valence-electron chi connectivity index (χ3n) is 6.40. The summed E-state index contributed by atoms with van der Waals surface area (Å²) in [4.78, 5) is 39.8. The van der Waals surface area contributed by atoms with Gasteiger partial charge >= 0.3 is 6.09 Å². The molecule has 0 aliphatic carbocycles. The van der Waals surface area contributed by atoms with Crippen molar-refractivity contribution in [1.29, 1.82) is 0 Å². The molecule has 0 radical (unpaired) electrons. The van der Waals surface area contributed by atoms with Crippen molar-refractivity contribution in [3.8, 4) is 11.3 Å². The Morgan fingerprint density at radius 1 is 1.14 bits per heavy atom. The highest BCUT2D eigenvalue weighted by Gasteiger charge is 2.40. The number of rotatable bonds is 4. The van der Waals surface area contributed by atoms with Crippen LogP contribution in [0.5, 0.6) is 0 Å². The topological polar surface area (TPSA) is 137 Å². The summed E-state index contributed by atoms with van der Waals surface area (Å²) in [7, 11) is 0. The van der Waals surface area contributed by atoms with Crippen molar-refractivity contribution < 1.29 is 19.1 Å². The number of nitrogens with zero attached hydrogens (tertiary/aromatic N) is 5. The van der Waals surface area contributed by atoms with Crippen molar-refractivity contribution in [3.05, 3.63) is 71.9 Å². The number of benzene rings is 1. The number of ether oxygens (including phenoxy) is 2. The zero-order chi connectivity index (χ0) is 24.8. The minimum Gasteiger partial charge on any atom is -0.447 e. The SMILES string of the molecule is Cc1ccnc(NC(=O)c2ccc(-c3nc([C@H]4CN5C(=O)OC[C@H]5CO4)n4ccnc(N)c34)cc2)c1. The molecule has 3 aromatic heterocycles. The number of hydrogen-bond donors (Lipinski definition) is 2. The molecule has 3 N–H and O–H groups in total. The monoisotopic (exact) mass is 485 g/mol. The van der Waals surface area contributed by atoms with Gasteiger partial charge in [-0.25, -0.2) is 19.7 Å². The van der Waals surface area contributed by atoms with Crippen molar-refractivity contribution in [2.24, 2.45) is 0 Å². The molecule has 4 aromatic rings. The number of carbonyl (C=O) groups excluding carboxylic acids is 2. The standard InChI is InChI=1S/C25H23N7O4/c1-14-6-7-27-19(10-14)29-24(33)16-4-2-15(3-5-16)20-21-22(26)28-8-9-31(21)23(30-20)18-11-32-17(12-35-18)13-36-25(32)34/h2-10,17-18H,11-13H2,1H3,(H2,26,28)(H,27,29,33)/t17-,18-/m1/s1. The average Bonchev–Trinajstić information content (AvgIpc) is 3.45. The second-order valence-electron chi connectivity index (χ2n) is 8.80. The van der Waals surface area contributed by atoms with Crippen LogP contribution in [0.1, 0.15) is 27.8 Å². The Labute approximate surface area is 205 Å². The van der Waals surface area contributed by atoms with Gasteiger partial charge < -0.3 is 20.5 Å². The number of nitrogen functional groups attached to an aromatic ring is 1. The summed E-state index contributed by atoms with van der Waals surface area (Å²) in [6.07, 6.45) is 4.22. The van der Waals surface area contributed by atoms with Crippen LogP contribution in [0.3, 0.4) is 0 Å². The number of morpholine rings is 1. The van der Waals surface area contributed by atoms with Crippen LogP contribution in [-0.4, -0.2) is 62.1 Å². The first-order chi connectivity index (χ1) is 17.5. The van der Waals surface area contributed by atoms with E-state index in [9.17, 15) is 9.59 Å². The van der Waals surface area contributed by atoms with Gasteiger partial charge in [-0.2, -0.15) is 0 Å². The lowest BCUT2D eigenvalue weighted by Crippen LogP contribution is -2.45. The molecule has 11 nitrogen and oxygen atoms in total. The van der Waals surface area contributed by atoms with E-state index in [1.165, 1.54) is 0 Å². The molecule has 2 atom stereocenters. The Morgan fingerprint density at radius 3 is 2.78 bits per heavy atom. The molecule has 11 heteroatoms. The van der Waals surface area contributed by atoms with Crippen molar-refractivity contribution in [1.82, 2.24) is 24.3 Å². The normalized spacial score (nSPS) is 19.2. The lowest BCUT2D eigenvalue weighted by atomic mass is 10.1. The molecule has 36 heavy (non-hydrogen) atoms. The van der Waals surface area contributed by atoms with Gasteiger partial charge in [0.1, 0.15) is 41.4 Å². The van der Waals surface area contributed by atoms with Crippen molar-refractivity contribution in [2.75, 3.05) is 30.8 Å². The maximum Gasteiger partial charge on any atom is 0.410 e. The molecule has 0 saturated carbocycles. The first kappa shape index (κ1) is 22.0. The number of carbonyl (C=O) groups is 2. The molecule has 182 valence electrons. The number of nitrogens with two attached hydrogens (primary N) is 1. The number of hydrogen-bond acceptors (Lipinski definition) is 8. The maximum atomic E-state index is 12.7. The molecule has 6 rings (SSSR count). The first-order valence-electron chi connectivity index (χ1n) is 11.5. The number of anilines is 2. The molecular formula is C25H23N7O4. The number of aryl methyl sites for hydroxylation is 1. The second-order valence-corrected chi connectivity index (χ2v) is 8.80. The smallest absolute Gasteiger partial charge is 0.410 e. The van der Waals surface area contributed by atoms with Crippen LogP contribution >= 0.6 is 0 Å². The highest BCUT2D eigenvalue weighted by Crippen LogP contribution is 2.34. The summed E-state index contributed by atoms with van der Waals surface area (Å²) in [5.74, 6) is 1.15. The highest BCUT2D eigenvalue weighted by molar-refractivity contribution is 6.04. The lowest BCUT2D eigenvalue weighted by Gasteiger charge is -2.32. The molecule has 2 fully saturated rings. The molecule has 2 aliphatic rings. The quantitative estimate of drug-likeness (QED) is 0.450. The van der Waals surface area contributed by atoms with E-state index in [2.05, 4.69) is 15.3 Å². The largest absolute Gasteiger partial charge is 0.447 e. The van der Waals surface area contributed by atoms with Crippen LogP contribution in [0.15, 0.2) is 55.0 Å². The summed E-state index contributed by atoms with van der Waals surface area (Å²) in [6, 6.07) is 10.7. The third kappa shape index (κ3) is 3.79. The van der Waals surface area contributed by atoms with Gasteiger partial charge in [-0.15, -0.1) is 0 Å². The van der Waals surface area contributed by atoms with Crippen LogP contribution in [0.2, 0.25) is 0 Å². The van der Waals surface area contributed by atoms with E-state index in [1.807, 2.05) is 29.5 Å². The molecule has 1 aromatic carbocycles. The van der Waals surface area contributed by atoms with Crippen molar-refractivity contribution in [3.63, 3.8) is 0 Å². The molecule has 5 heterocycles. The van der Waals surface area contributed by atoms with Gasteiger partial charge in [0.05, 0.1) is 19.2 Å². The van der Waals surface area contributed by atoms with E-state index < -0.39 is 6.10 Å². The summed E-state index contributed by atoms with van der Waals surface area (Å²) in [5, 5.41) is 2.81. The number of fused-ring (bicyclic) bond motifs is 2. The molecule has 0 unspecified atom stereocenters. The number of pyridine rings is 1. The number of imidazole rings is 1. The number of aromatic nitrogens is 4. The van der Waals surface area contributed by atoms with E-state index in [-0.39, 0.29) is 18.0 Å². The minimum atomic E-state index is -0.457. The summed E-state index contributed by atoms with van der Waals surface area (Å²) in [6.45, 7) is 2.96. The van der Waals surface area contributed by atoms with Gasteiger partial charge in [-0.05, 0) is 36.8 Å². The zero-order valence-corrected chi connectivity index (χ0v) is 19.4. The number of amides is 2. The van der Waals surface area contributed by atoms with E-state index in [0.717, 1.165) is 11.1 Å². The summed E-state index contributed by atoms with van der Waals surface area (Å²) < 4.78 is 13.1. The number of cyclic esters (lactones) is 1. The van der Waals surface area contributed by atoms with Gasteiger partial charge in [0.2, 0.25) is 0 Å². The van der Waals surface area contributed by atoms with E-state index in [1.54, 1.807) is 41.7 Å².